The monoisotopic (exact) mass is 227 g/mol. The van der Waals surface area contributed by atoms with Gasteiger partial charge in [0, 0.05) is 23.6 Å². The van der Waals surface area contributed by atoms with Crippen LogP contribution >= 0.6 is 0 Å². The molecule has 0 spiro atoms. The summed E-state index contributed by atoms with van der Waals surface area (Å²) in [4.78, 5) is 0. The van der Waals surface area contributed by atoms with Crippen molar-refractivity contribution in [2.45, 2.75) is 20.0 Å². The number of hydrogen-bond acceptors (Lipinski definition) is 0. The highest BCUT2D eigenvalue weighted by atomic mass is 19.4. The average molecular weight is 227 g/mol. The summed E-state index contributed by atoms with van der Waals surface area (Å²) in [7, 11) is 1.78. The molecule has 4 heteroatoms. The molecule has 0 saturated heterocycles. The van der Waals surface area contributed by atoms with Crippen molar-refractivity contribution < 1.29 is 13.2 Å². The average Bonchev–Trinajstić information content (AvgIpc) is 2.44. The van der Waals surface area contributed by atoms with Crippen LogP contribution in [0.4, 0.5) is 13.2 Å². The first-order valence-corrected chi connectivity index (χ1v) is 4.94. The molecule has 0 fully saturated rings. The van der Waals surface area contributed by atoms with E-state index in [9.17, 15) is 13.2 Å². The minimum Gasteiger partial charge on any atom is -0.348 e. The zero-order valence-corrected chi connectivity index (χ0v) is 9.31. The number of aryl methyl sites for hydroxylation is 3. The molecule has 1 heterocycles. The van der Waals surface area contributed by atoms with Crippen molar-refractivity contribution in [3.8, 4) is 0 Å². The Morgan fingerprint density at radius 3 is 2.25 bits per heavy atom. The van der Waals surface area contributed by atoms with Crippen LogP contribution in [-0.2, 0) is 13.2 Å². The Hall–Kier alpha value is -1.45. The van der Waals surface area contributed by atoms with Gasteiger partial charge in [0.05, 0.1) is 5.56 Å². The highest BCUT2D eigenvalue weighted by Gasteiger charge is 2.31. The molecule has 0 amide bonds. The van der Waals surface area contributed by atoms with Crippen LogP contribution in [0.1, 0.15) is 16.8 Å². The topological polar surface area (TPSA) is 4.93 Å². The van der Waals surface area contributed by atoms with E-state index in [-0.39, 0.29) is 0 Å². The van der Waals surface area contributed by atoms with Gasteiger partial charge in [-0.05, 0) is 37.6 Å². The number of alkyl halides is 3. The number of hydrogen-bond donors (Lipinski definition) is 0. The largest absolute Gasteiger partial charge is 0.416 e. The zero-order valence-electron chi connectivity index (χ0n) is 9.31. The molecule has 0 N–H and O–H groups in total. The van der Waals surface area contributed by atoms with Gasteiger partial charge in [-0.1, -0.05) is 0 Å². The Bertz CT molecular complexity index is 549. The molecule has 16 heavy (non-hydrogen) atoms. The molecule has 2 rings (SSSR count). The van der Waals surface area contributed by atoms with E-state index in [2.05, 4.69) is 0 Å². The number of aromatic nitrogens is 1. The maximum absolute atomic E-state index is 12.6. The van der Waals surface area contributed by atoms with Crippen LogP contribution < -0.4 is 0 Å². The van der Waals surface area contributed by atoms with E-state index in [4.69, 9.17) is 0 Å². The van der Waals surface area contributed by atoms with Gasteiger partial charge in [-0.2, -0.15) is 13.2 Å². The highest BCUT2D eigenvalue weighted by Crippen LogP contribution is 2.33. The fourth-order valence-corrected chi connectivity index (χ4v) is 1.90. The molecule has 86 valence electrons. The first-order valence-electron chi connectivity index (χ1n) is 4.94. The summed E-state index contributed by atoms with van der Waals surface area (Å²) >= 11 is 0. The standard InChI is InChI=1S/C12H12F3N/c1-7-4-9(12(13,14)15)6-11-10(7)5-8(2)16(11)3/h4-6H,1-3H3. The Balaban J connectivity index is 2.80. The van der Waals surface area contributed by atoms with Gasteiger partial charge >= 0.3 is 6.18 Å². The molecule has 1 aromatic heterocycles. The maximum atomic E-state index is 12.6. The zero-order chi connectivity index (χ0) is 12.1. The number of benzene rings is 1. The number of halogens is 3. The second-order valence-corrected chi connectivity index (χ2v) is 4.07. The van der Waals surface area contributed by atoms with Crippen molar-refractivity contribution in [3.05, 3.63) is 35.0 Å². The van der Waals surface area contributed by atoms with E-state index in [0.29, 0.717) is 11.1 Å². The smallest absolute Gasteiger partial charge is 0.348 e. The summed E-state index contributed by atoms with van der Waals surface area (Å²) in [6.45, 7) is 3.59. The predicted octanol–water partition coefficient (Wildman–Crippen LogP) is 3.81. The molecule has 0 aliphatic carbocycles. The van der Waals surface area contributed by atoms with Crippen molar-refractivity contribution in [2.75, 3.05) is 0 Å². The molecule has 0 radical (unpaired) electrons. The molecule has 1 nitrogen and oxygen atoms in total. The molecule has 0 unspecified atom stereocenters. The lowest BCUT2D eigenvalue weighted by atomic mass is 10.1. The van der Waals surface area contributed by atoms with E-state index in [0.717, 1.165) is 11.1 Å². The van der Waals surface area contributed by atoms with Crippen LogP contribution in [0.3, 0.4) is 0 Å². The lowest BCUT2D eigenvalue weighted by Crippen LogP contribution is -2.05. The molecule has 1 aromatic carbocycles. The van der Waals surface area contributed by atoms with Gasteiger partial charge in [0.25, 0.3) is 0 Å². The first-order chi connectivity index (χ1) is 7.30. The van der Waals surface area contributed by atoms with Crippen LogP contribution in [0.15, 0.2) is 18.2 Å². The van der Waals surface area contributed by atoms with Crippen LogP contribution in [0.5, 0.6) is 0 Å². The Kier molecular flexibility index (Phi) is 2.26. The number of nitrogens with zero attached hydrogens (tertiary/aromatic N) is 1. The quantitative estimate of drug-likeness (QED) is 0.644. The predicted molar refractivity (Wildman–Crippen MR) is 57.4 cm³/mol. The summed E-state index contributed by atoms with van der Waals surface area (Å²) in [5.74, 6) is 0. The Morgan fingerprint density at radius 2 is 1.69 bits per heavy atom. The molecule has 0 atom stereocenters. The van der Waals surface area contributed by atoms with E-state index in [1.807, 2.05) is 13.0 Å². The molecule has 2 aromatic rings. The van der Waals surface area contributed by atoms with Gasteiger partial charge in [-0.25, -0.2) is 0 Å². The maximum Gasteiger partial charge on any atom is 0.416 e. The van der Waals surface area contributed by atoms with Gasteiger partial charge in [0.1, 0.15) is 0 Å². The molecule has 0 aliphatic rings. The fourth-order valence-electron chi connectivity index (χ4n) is 1.90. The first kappa shape index (κ1) is 11.0. The van der Waals surface area contributed by atoms with E-state index in [1.165, 1.54) is 12.1 Å². The van der Waals surface area contributed by atoms with Crippen LogP contribution in [0.2, 0.25) is 0 Å². The highest BCUT2D eigenvalue weighted by molar-refractivity contribution is 5.85. The van der Waals surface area contributed by atoms with Gasteiger partial charge in [0.2, 0.25) is 0 Å². The molecular weight excluding hydrogens is 215 g/mol. The SMILES string of the molecule is Cc1cc(C(F)(F)F)cc2c1cc(C)n2C. The van der Waals surface area contributed by atoms with Gasteiger partial charge < -0.3 is 4.57 Å². The van der Waals surface area contributed by atoms with Crippen molar-refractivity contribution in [1.29, 1.82) is 0 Å². The molecular formula is C12H12F3N. The lowest BCUT2D eigenvalue weighted by Gasteiger charge is -2.09. The van der Waals surface area contributed by atoms with Gasteiger partial charge in [-0.3, -0.25) is 0 Å². The van der Waals surface area contributed by atoms with Crippen molar-refractivity contribution in [3.63, 3.8) is 0 Å². The van der Waals surface area contributed by atoms with E-state index >= 15 is 0 Å². The Labute approximate surface area is 91.5 Å². The minimum atomic E-state index is -4.28. The molecule has 0 saturated carbocycles. The summed E-state index contributed by atoms with van der Waals surface area (Å²) < 4.78 is 39.7. The third kappa shape index (κ3) is 1.58. The lowest BCUT2D eigenvalue weighted by molar-refractivity contribution is -0.137. The fraction of sp³-hybridized carbons (Fsp3) is 0.333. The number of fused-ring (bicyclic) bond motifs is 1. The van der Waals surface area contributed by atoms with E-state index < -0.39 is 11.7 Å². The summed E-state index contributed by atoms with van der Waals surface area (Å²) in [5, 5.41) is 0.882. The molecule has 0 aliphatic heterocycles. The van der Waals surface area contributed by atoms with Gasteiger partial charge in [0.15, 0.2) is 0 Å². The van der Waals surface area contributed by atoms with Crippen molar-refractivity contribution >= 4 is 10.9 Å². The molecule has 0 bridgehead atoms. The Morgan fingerprint density at radius 1 is 1.06 bits per heavy atom. The third-order valence-electron chi connectivity index (χ3n) is 2.94. The second kappa shape index (κ2) is 3.27. The minimum absolute atomic E-state index is 0.585. The summed E-state index contributed by atoms with van der Waals surface area (Å²) in [5.41, 5.74) is 1.66. The number of rotatable bonds is 0. The normalized spacial score (nSPS) is 12.4. The second-order valence-electron chi connectivity index (χ2n) is 4.07. The van der Waals surface area contributed by atoms with Crippen LogP contribution in [0, 0.1) is 13.8 Å². The van der Waals surface area contributed by atoms with Crippen molar-refractivity contribution in [2.24, 2.45) is 7.05 Å². The van der Waals surface area contributed by atoms with Gasteiger partial charge in [-0.15, -0.1) is 0 Å². The van der Waals surface area contributed by atoms with Crippen LogP contribution in [0.25, 0.3) is 10.9 Å². The third-order valence-corrected chi connectivity index (χ3v) is 2.94. The van der Waals surface area contributed by atoms with Crippen molar-refractivity contribution in [1.82, 2.24) is 4.57 Å². The summed E-state index contributed by atoms with van der Waals surface area (Å²) in [6.07, 6.45) is -4.28. The van der Waals surface area contributed by atoms with E-state index in [1.54, 1.807) is 18.5 Å². The summed E-state index contributed by atoms with van der Waals surface area (Å²) in [6, 6.07) is 4.31. The van der Waals surface area contributed by atoms with Crippen LogP contribution in [-0.4, -0.2) is 4.57 Å².